The number of hydrogen-bond acceptors (Lipinski definition) is 5. The lowest BCUT2D eigenvalue weighted by molar-refractivity contribution is -0.384. The fraction of sp³-hybridized carbons (Fsp3) is 0.438. The van der Waals surface area contributed by atoms with Gasteiger partial charge in [0.1, 0.15) is 11.3 Å². The van der Waals surface area contributed by atoms with Crippen LogP contribution in [0.3, 0.4) is 0 Å². The molecule has 0 aliphatic carbocycles. The third-order valence-corrected chi connectivity index (χ3v) is 2.74. The average molecular weight is 306 g/mol. The fourth-order valence-corrected chi connectivity index (χ4v) is 1.92. The maximum Gasteiger partial charge on any atom is 0.308 e. The first-order chi connectivity index (χ1) is 10.1. The second kappa shape index (κ2) is 7.06. The predicted molar refractivity (Wildman–Crippen MR) is 86.8 cm³/mol. The van der Waals surface area contributed by atoms with Crippen LogP contribution in [0.2, 0.25) is 0 Å². The van der Waals surface area contributed by atoms with Gasteiger partial charge in [-0.25, -0.2) is 0 Å². The van der Waals surface area contributed by atoms with Crippen LogP contribution < -0.4 is 5.32 Å². The van der Waals surface area contributed by atoms with Crippen LogP contribution in [-0.4, -0.2) is 23.0 Å². The Morgan fingerprint density at radius 1 is 1.41 bits per heavy atom. The molecule has 0 bridgehead atoms. The summed E-state index contributed by atoms with van der Waals surface area (Å²) in [6.45, 7) is 11.1. The number of rotatable bonds is 6. The lowest BCUT2D eigenvalue weighted by Gasteiger charge is -2.19. The number of allylic oxidation sites excluding steroid dienone is 1. The molecule has 0 heterocycles. The standard InChI is InChI=1S/C16H22N2O4/c1-11(2)12-7-6-8-13(15(12)18(20)21)17-10-9-14(19)22-16(3,4)5/h6-8,17H,1,9-10H2,2-5H3. The number of carbonyl (C=O) groups is 1. The van der Waals surface area contributed by atoms with E-state index in [0.717, 1.165) is 0 Å². The van der Waals surface area contributed by atoms with Gasteiger partial charge in [0.05, 0.1) is 16.9 Å². The lowest BCUT2D eigenvalue weighted by Crippen LogP contribution is -2.25. The molecule has 120 valence electrons. The van der Waals surface area contributed by atoms with Crippen molar-refractivity contribution in [1.82, 2.24) is 0 Å². The largest absolute Gasteiger partial charge is 0.460 e. The van der Waals surface area contributed by atoms with E-state index in [4.69, 9.17) is 4.74 Å². The highest BCUT2D eigenvalue weighted by atomic mass is 16.6. The van der Waals surface area contributed by atoms with Gasteiger partial charge in [0, 0.05) is 6.54 Å². The molecule has 6 nitrogen and oxygen atoms in total. The van der Waals surface area contributed by atoms with Crippen molar-refractivity contribution in [3.63, 3.8) is 0 Å². The average Bonchev–Trinajstić information content (AvgIpc) is 2.35. The quantitative estimate of drug-likeness (QED) is 0.491. The number of esters is 1. The van der Waals surface area contributed by atoms with Crippen LogP contribution in [0.15, 0.2) is 24.8 Å². The molecule has 6 heteroatoms. The number of nitrogens with one attached hydrogen (secondary N) is 1. The normalized spacial score (nSPS) is 10.9. The Balaban J connectivity index is 2.78. The van der Waals surface area contributed by atoms with Crippen LogP contribution >= 0.6 is 0 Å². The summed E-state index contributed by atoms with van der Waals surface area (Å²) in [7, 11) is 0. The minimum absolute atomic E-state index is 0.0285. The van der Waals surface area contributed by atoms with Gasteiger partial charge < -0.3 is 10.1 Å². The van der Waals surface area contributed by atoms with E-state index >= 15 is 0 Å². The summed E-state index contributed by atoms with van der Waals surface area (Å²) < 4.78 is 5.19. The first-order valence-electron chi connectivity index (χ1n) is 7.01. The number of nitrogens with zero attached hydrogens (tertiary/aromatic N) is 1. The molecule has 0 aromatic heterocycles. The summed E-state index contributed by atoms with van der Waals surface area (Å²) in [4.78, 5) is 22.5. The van der Waals surface area contributed by atoms with Crippen molar-refractivity contribution in [3.05, 3.63) is 40.5 Å². The van der Waals surface area contributed by atoms with E-state index in [-0.39, 0.29) is 24.6 Å². The topological polar surface area (TPSA) is 81.5 Å². The van der Waals surface area contributed by atoms with Crippen molar-refractivity contribution in [2.24, 2.45) is 0 Å². The Kier molecular flexibility index (Phi) is 5.68. The molecule has 1 rings (SSSR count). The van der Waals surface area contributed by atoms with Gasteiger partial charge in [-0.3, -0.25) is 14.9 Å². The lowest BCUT2D eigenvalue weighted by atomic mass is 10.1. The van der Waals surface area contributed by atoms with Crippen molar-refractivity contribution >= 4 is 22.9 Å². The molecule has 0 saturated carbocycles. The number of nitro benzene ring substituents is 1. The molecule has 1 aromatic carbocycles. The number of nitro groups is 1. The second-order valence-electron chi connectivity index (χ2n) is 6.00. The molecule has 0 spiro atoms. The zero-order valence-corrected chi connectivity index (χ0v) is 13.4. The molecule has 0 aliphatic rings. The van der Waals surface area contributed by atoms with E-state index < -0.39 is 10.5 Å². The van der Waals surface area contributed by atoms with Gasteiger partial charge in [0.2, 0.25) is 0 Å². The number of para-hydroxylation sites is 1. The number of carbonyl (C=O) groups excluding carboxylic acids is 1. The van der Waals surface area contributed by atoms with E-state index in [2.05, 4.69) is 11.9 Å². The summed E-state index contributed by atoms with van der Waals surface area (Å²) in [5.74, 6) is -0.348. The predicted octanol–water partition coefficient (Wildman–Crippen LogP) is 3.77. The molecule has 0 unspecified atom stereocenters. The van der Waals surface area contributed by atoms with Crippen LogP contribution in [0.25, 0.3) is 5.57 Å². The first kappa shape index (κ1) is 17.7. The molecular formula is C16H22N2O4. The molecule has 0 atom stereocenters. The number of hydrogen-bond donors (Lipinski definition) is 1. The molecule has 0 fully saturated rings. The van der Waals surface area contributed by atoms with Crippen molar-refractivity contribution in [2.75, 3.05) is 11.9 Å². The van der Waals surface area contributed by atoms with Crippen LogP contribution in [0.5, 0.6) is 0 Å². The summed E-state index contributed by atoms with van der Waals surface area (Å²) in [5.41, 5.74) is 0.895. The highest BCUT2D eigenvalue weighted by Crippen LogP contribution is 2.32. The van der Waals surface area contributed by atoms with E-state index in [1.807, 2.05) is 0 Å². The third-order valence-electron chi connectivity index (χ3n) is 2.74. The van der Waals surface area contributed by atoms with Gasteiger partial charge >= 0.3 is 5.97 Å². The molecule has 1 N–H and O–H groups in total. The number of anilines is 1. The summed E-state index contributed by atoms with van der Waals surface area (Å²) in [5, 5.41) is 14.2. The van der Waals surface area contributed by atoms with E-state index in [9.17, 15) is 14.9 Å². The van der Waals surface area contributed by atoms with Gasteiger partial charge in [-0.2, -0.15) is 0 Å². The van der Waals surface area contributed by atoms with Gasteiger partial charge in [-0.05, 0) is 45.4 Å². The molecule has 0 aliphatic heterocycles. The third kappa shape index (κ3) is 5.20. The van der Waals surface area contributed by atoms with Gasteiger partial charge in [0.25, 0.3) is 5.69 Å². The fourth-order valence-electron chi connectivity index (χ4n) is 1.92. The Morgan fingerprint density at radius 3 is 2.55 bits per heavy atom. The SMILES string of the molecule is C=C(C)c1cccc(NCCC(=O)OC(C)(C)C)c1[N+](=O)[O-]. The van der Waals surface area contributed by atoms with Crippen molar-refractivity contribution < 1.29 is 14.5 Å². The molecule has 22 heavy (non-hydrogen) atoms. The highest BCUT2D eigenvalue weighted by molar-refractivity contribution is 5.79. The first-order valence-corrected chi connectivity index (χ1v) is 7.01. The molecular weight excluding hydrogens is 284 g/mol. The number of ether oxygens (including phenoxy) is 1. The van der Waals surface area contributed by atoms with Crippen LogP contribution in [0.4, 0.5) is 11.4 Å². The minimum Gasteiger partial charge on any atom is -0.460 e. The van der Waals surface area contributed by atoms with Crippen molar-refractivity contribution in [1.29, 1.82) is 0 Å². The van der Waals surface area contributed by atoms with Crippen molar-refractivity contribution in [2.45, 2.75) is 39.7 Å². The zero-order chi connectivity index (χ0) is 16.9. The Morgan fingerprint density at radius 2 is 2.05 bits per heavy atom. The van der Waals surface area contributed by atoms with E-state index in [1.54, 1.807) is 45.9 Å². The maximum absolute atomic E-state index is 11.6. The summed E-state index contributed by atoms with van der Waals surface area (Å²) in [6, 6.07) is 4.98. The van der Waals surface area contributed by atoms with Gasteiger partial charge in [0.15, 0.2) is 0 Å². The van der Waals surface area contributed by atoms with Crippen LogP contribution in [0.1, 0.15) is 39.7 Å². The van der Waals surface area contributed by atoms with Crippen LogP contribution in [-0.2, 0) is 9.53 Å². The molecule has 1 aromatic rings. The Hall–Kier alpha value is -2.37. The summed E-state index contributed by atoms with van der Waals surface area (Å²) >= 11 is 0. The second-order valence-corrected chi connectivity index (χ2v) is 6.00. The Labute approximate surface area is 130 Å². The molecule has 0 radical (unpaired) electrons. The van der Waals surface area contributed by atoms with E-state index in [0.29, 0.717) is 16.8 Å². The maximum atomic E-state index is 11.6. The van der Waals surface area contributed by atoms with Crippen LogP contribution in [0, 0.1) is 10.1 Å². The molecule has 0 saturated heterocycles. The van der Waals surface area contributed by atoms with Gasteiger partial charge in [-0.1, -0.05) is 12.6 Å². The minimum atomic E-state index is -0.539. The van der Waals surface area contributed by atoms with E-state index in [1.165, 1.54) is 0 Å². The van der Waals surface area contributed by atoms with Crippen molar-refractivity contribution in [3.8, 4) is 0 Å². The zero-order valence-electron chi connectivity index (χ0n) is 13.4. The Bertz CT molecular complexity index is 588. The smallest absolute Gasteiger partial charge is 0.308 e. The monoisotopic (exact) mass is 306 g/mol. The van der Waals surface area contributed by atoms with Gasteiger partial charge in [-0.15, -0.1) is 0 Å². The summed E-state index contributed by atoms with van der Waals surface area (Å²) in [6.07, 6.45) is 0.131. The molecule has 0 amide bonds. The highest BCUT2D eigenvalue weighted by Gasteiger charge is 2.20. The number of benzene rings is 1.